The zero-order valence-electron chi connectivity index (χ0n) is 25.7. The summed E-state index contributed by atoms with van der Waals surface area (Å²) in [4.78, 5) is 29.6. The molecule has 3 aromatic rings. The van der Waals surface area contributed by atoms with Crippen LogP contribution in [0.3, 0.4) is 0 Å². The molecule has 1 aliphatic rings. The number of amides is 2. The lowest BCUT2D eigenvalue weighted by atomic mass is 9.95. The van der Waals surface area contributed by atoms with Gasteiger partial charge in [0.2, 0.25) is 11.8 Å². The summed E-state index contributed by atoms with van der Waals surface area (Å²) in [5.74, 6) is -0.0782. The van der Waals surface area contributed by atoms with Crippen molar-refractivity contribution in [2.75, 3.05) is 17.5 Å². The summed E-state index contributed by atoms with van der Waals surface area (Å²) < 4.78 is 35.6. The monoisotopic (exact) mass is 683 g/mol. The van der Waals surface area contributed by atoms with E-state index in [1.54, 1.807) is 36.4 Å². The van der Waals surface area contributed by atoms with Crippen molar-refractivity contribution in [3.63, 3.8) is 0 Å². The van der Waals surface area contributed by atoms with Gasteiger partial charge in [0, 0.05) is 17.1 Å². The van der Waals surface area contributed by atoms with E-state index in [0.29, 0.717) is 24.5 Å². The Morgan fingerprint density at radius 1 is 0.977 bits per heavy atom. The third-order valence-electron chi connectivity index (χ3n) is 7.89. The Morgan fingerprint density at radius 2 is 1.66 bits per heavy atom. The topological polar surface area (TPSA) is 96.0 Å². The lowest BCUT2D eigenvalue weighted by molar-refractivity contribution is -0.140. The van der Waals surface area contributed by atoms with Gasteiger partial charge in [-0.2, -0.15) is 0 Å². The third-order valence-corrected chi connectivity index (χ3v) is 10.2. The second-order valence-corrected chi connectivity index (χ2v) is 13.9. The van der Waals surface area contributed by atoms with E-state index in [2.05, 4.69) is 21.2 Å². The molecule has 3 aromatic carbocycles. The first-order valence-corrected chi connectivity index (χ1v) is 17.5. The average Bonchev–Trinajstić information content (AvgIpc) is 3.01. The van der Waals surface area contributed by atoms with Gasteiger partial charge in [0.1, 0.15) is 18.3 Å². The van der Waals surface area contributed by atoms with Gasteiger partial charge in [-0.3, -0.25) is 13.9 Å². The van der Waals surface area contributed by atoms with Crippen LogP contribution in [-0.4, -0.2) is 50.4 Å². The number of halogens is 1. The Labute approximate surface area is 270 Å². The third kappa shape index (κ3) is 8.63. The number of aryl methyl sites for hydroxylation is 1. The fourth-order valence-corrected chi connectivity index (χ4v) is 7.29. The summed E-state index contributed by atoms with van der Waals surface area (Å²) in [6.45, 7) is 5.88. The molecule has 1 saturated carbocycles. The van der Waals surface area contributed by atoms with Crippen LogP contribution in [0.1, 0.15) is 63.5 Å². The quantitative estimate of drug-likeness (QED) is 0.219. The molecule has 1 fully saturated rings. The molecular formula is C34H42BrN3O5S. The van der Waals surface area contributed by atoms with Crippen molar-refractivity contribution in [2.45, 2.75) is 82.8 Å². The van der Waals surface area contributed by atoms with Gasteiger partial charge in [-0.15, -0.1) is 0 Å². The minimum Gasteiger partial charge on any atom is -0.494 e. The molecule has 0 radical (unpaired) electrons. The van der Waals surface area contributed by atoms with Crippen molar-refractivity contribution in [2.24, 2.45) is 0 Å². The predicted octanol–water partition coefficient (Wildman–Crippen LogP) is 6.61. The summed E-state index contributed by atoms with van der Waals surface area (Å²) in [7, 11) is -4.16. The fourth-order valence-electron chi connectivity index (χ4n) is 5.61. The molecule has 1 atom stereocenters. The largest absolute Gasteiger partial charge is 0.494 e. The number of nitrogens with one attached hydrogen (secondary N) is 1. The predicted molar refractivity (Wildman–Crippen MR) is 177 cm³/mol. The van der Waals surface area contributed by atoms with Crippen LogP contribution in [0.25, 0.3) is 0 Å². The molecule has 236 valence electrons. The van der Waals surface area contributed by atoms with E-state index in [1.807, 2.05) is 45.0 Å². The van der Waals surface area contributed by atoms with Gasteiger partial charge in [-0.1, -0.05) is 71.9 Å². The van der Waals surface area contributed by atoms with E-state index in [9.17, 15) is 18.0 Å². The maximum atomic E-state index is 14.3. The first-order valence-electron chi connectivity index (χ1n) is 15.3. The SMILES string of the molecule is CCOc1ccc(N(CC(=O)N(Cc2cccc(C)c2)[C@@H](CC)C(=O)NC2CCCCC2)S(=O)(=O)c2ccc(Br)cc2)cc1. The second kappa shape index (κ2) is 15.6. The van der Waals surface area contributed by atoms with Crippen LogP contribution in [0.4, 0.5) is 5.69 Å². The van der Waals surface area contributed by atoms with Crippen molar-refractivity contribution >= 4 is 43.5 Å². The molecule has 0 heterocycles. The van der Waals surface area contributed by atoms with E-state index in [-0.39, 0.29) is 23.4 Å². The van der Waals surface area contributed by atoms with Gasteiger partial charge < -0.3 is 15.0 Å². The molecule has 8 nitrogen and oxygen atoms in total. The number of hydrogen-bond acceptors (Lipinski definition) is 5. The molecule has 0 bridgehead atoms. The molecule has 4 rings (SSSR count). The summed E-state index contributed by atoms with van der Waals surface area (Å²) in [5.41, 5.74) is 2.22. The van der Waals surface area contributed by atoms with Crippen LogP contribution in [-0.2, 0) is 26.2 Å². The molecule has 1 aliphatic carbocycles. The number of carbonyl (C=O) groups excluding carboxylic acids is 2. The van der Waals surface area contributed by atoms with Gasteiger partial charge in [-0.05, 0) is 87.2 Å². The minimum absolute atomic E-state index is 0.0506. The minimum atomic E-state index is -4.16. The van der Waals surface area contributed by atoms with Crippen LogP contribution in [0.2, 0.25) is 0 Å². The van der Waals surface area contributed by atoms with Gasteiger partial charge in [0.25, 0.3) is 10.0 Å². The van der Waals surface area contributed by atoms with Crippen LogP contribution in [0, 0.1) is 6.92 Å². The molecule has 0 spiro atoms. The molecule has 2 amide bonds. The highest BCUT2D eigenvalue weighted by Gasteiger charge is 2.34. The van der Waals surface area contributed by atoms with Gasteiger partial charge in [0.05, 0.1) is 17.2 Å². The zero-order valence-corrected chi connectivity index (χ0v) is 28.1. The van der Waals surface area contributed by atoms with Gasteiger partial charge in [0.15, 0.2) is 0 Å². The first kappa shape index (κ1) is 33.5. The Kier molecular flexibility index (Phi) is 11.9. The number of nitrogens with zero attached hydrogens (tertiary/aromatic N) is 2. The maximum Gasteiger partial charge on any atom is 0.264 e. The van der Waals surface area contributed by atoms with Crippen LogP contribution in [0.5, 0.6) is 5.75 Å². The van der Waals surface area contributed by atoms with Gasteiger partial charge in [-0.25, -0.2) is 8.42 Å². The number of hydrogen-bond donors (Lipinski definition) is 1. The van der Waals surface area contributed by atoms with Crippen LogP contribution >= 0.6 is 15.9 Å². The van der Waals surface area contributed by atoms with Crippen molar-refractivity contribution in [3.8, 4) is 5.75 Å². The standard InChI is InChI=1S/C34H42BrN3O5S/c1-4-32(34(40)36-28-12-7-6-8-13-28)37(23-26-11-9-10-25(3)22-26)33(39)24-38(29-16-18-30(19-17-29)43-5-2)44(41,42)31-20-14-27(35)15-21-31/h9-11,14-22,28,32H,4-8,12-13,23-24H2,1-3H3,(H,36,40)/t32-/m0/s1. The maximum absolute atomic E-state index is 14.3. The number of carbonyl (C=O) groups is 2. The van der Waals surface area contributed by atoms with Crippen molar-refractivity contribution in [1.82, 2.24) is 10.2 Å². The van der Waals surface area contributed by atoms with Crippen molar-refractivity contribution in [3.05, 3.63) is 88.4 Å². The molecule has 0 saturated heterocycles. The van der Waals surface area contributed by atoms with E-state index < -0.39 is 28.5 Å². The van der Waals surface area contributed by atoms with E-state index >= 15 is 0 Å². The summed E-state index contributed by atoms with van der Waals surface area (Å²) in [6, 6.07) is 20.1. The summed E-state index contributed by atoms with van der Waals surface area (Å²) >= 11 is 3.36. The number of anilines is 1. The summed E-state index contributed by atoms with van der Waals surface area (Å²) in [6.07, 6.45) is 5.53. The van der Waals surface area contributed by atoms with Crippen LogP contribution in [0.15, 0.2) is 82.2 Å². The average molecular weight is 685 g/mol. The molecule has 10 heteroatoms. The van der Waals surface area contributed by atoms with E-state index in [1.165, 1.54) is 17.0 Å². The van der Waals surface area contributed by atoms with E-state index in [4.69, 9.17) is 4.74 Å². The Bertz CT molecular complexity index is 1510. The lowest BCUT2D eigenvalue weighted by Crippen LogP contribution is -2.54. The molecule has 44 heavy (non-hydrogen) atoms. The number of sulfonamides is 1. The number of ether oxygens (including phenoxy) is 1. The number of benzene rings is 3. The normalized spacial score (nSPS) is 14.5. The van der Waals surface area contributed by atoms with Crippen molar-refractivity contribution in [1.29, 1.82) is 0 Å². The van der Waals surface area contributed by atoms with E-state index in [0.717, 1.165) is 52.0 Å². The van der Waals surface area contributed by atoms with Crippen LogP contribution < -0.4 is 14.4 Å². The molecule has 0 unspecified atom stereocenters. The zero-order chi connectivity index (χ0) is 31.7. The Balaban J connectivity index is 1.71. The first-order chi connectivity index (χ1) is 21.1. The highest BCUT2D eigenvalue weighted by molar-refractivity contribution is 9.10. The lowest BCUT2D eigenvalue weighted by Gasteiger charge is -2.34. The van der Waals surface area contributed by atoms with Gasteiger partial charge >= 0.3 is 0 Å². The molecule has 0 aliphatic heterocycles. The highest BCUT2D eigenvalue weighted by Crippen LogP contribution is 2.28. The summed E-state index contributed by atoms with van der Waals surface area (Å²) in [5, 5.41) is 3.18. The Hall–Kier alpha value is -3.37. The second-order valence-electron chi connectivity index (χ2n) is 11.2. The Morgan fingerprint density at radius 3 is 2.27 bits per heavy atom. The molecule has 1 N–H and O–H groups in total. The highest BCUT2D eigenvalue weighted by atomic mass is 79.9. The molecule has 0 aromatic heterocycles. The fraction of sp³-hybridized carbons (Fsp3) is 0.412. The smallest absolute Gasteiger partial charge is 0.264 e. The molecular weight excluding hydrogens is 642 g/mol. The number of rotatable bonds is 13. The van der Waals surface area contributed by atoms with Crippen molar-refractivity contribution < 1.29 is 22.7 Å².